The van der Waals surface area contributed by atoms with Crippen molar-refractivity contribution in [2.75, 3.05) is 23.4 Å². The Morgan fingerprint density at radius 2 is 2.06 bits per heavy atom. The second-order valence-corrected chi connectivity index (χ2v) is 5.58. The molecule has 0 aliphatic rings. The molecular formula is C10H11Cl2NO3S. The van der Waals surface area contributed by atoms with Gasteiger partial charge < -0.3 is 10.4 Å². The largest absolute Gasteiger partial charge is 0.395 e. The van der Waals surface area contributed by atoms with Gasteiger partial charge in [0.2, 0.25) is 5.91 Å². The van der Waals surface area contributed by atoms with Crippen LogP contribution in [0.4, 0.5) is 5.69 Å². The van der Waals surface area contributed by atoms with Crippen LogP contribution in [0.5, 0.6) is 0 Å². The highest BCUT2D eigenvalue weighted by atomic mass is 35.5. The number of benzene rings is 1. The summed E-state index contributed by atoms with van der Waals surface area (Å²) in [6, 6.07) is 4.67. The van der Waals surface area contributed by atoms with Crippen LogP contribution in [0.25, 0.3) is 0 Å². The minimum absolute atomic E-state index is 0.0921. The molecule has 94 valence electrons. The lowest BCUT2D eigenvalue weighted by Crippen LogP contribution is -2.21. The normalized spacial score (nSPS) is 12.2. The van der Waals surface area contributed by atoms with Crippen molar-refractivity contribution in [3.63, 3.8) is 0 Å². The van der Waals surface area contributed by atoms with Gasteiger partial charge in [-0.1, -0.05) is 23.2 Å². The van der Waals surface area contributed by atoms with Gasteiger partial charge in [-0.25, -0.2) is 0 Å². The summed E-state index contributed by atoms with van der Waals surface area (Å²) in [6.07, 6.45) is 0. The molecule has 1 amide bonds. The summed E-state index contributed by atoms with van der Waals surface area (Å²) in [6.45, 7) is -0.202. The molecule has 1 aromatic rings. The number of nitrogens with one attached hydrogen (secondary N) is 1. The zero-order valence-electron chi connectivity index (χ0n) is 8.78. The molecule has 0 radical (unpaired) electrons. The lowest BCUT2D eigenvalue weighted by molar-refractivity contribution is -0.113. The molecule has 0 aromatic heterocycles. The molecule has 1 aromatic carbocycles. The molecule has 1 atom stereocenters. The number of aliphatic hydroxyl groups is 1. The minimum Gasteiger partial charge on any atom is -0.395 e. The van der Waals surface area contributed by atoms with Gasteiger partial charge in [0.15, 0.2) is 0 Å². The van der Waals surface area contributed by atoms with Gasteiger partial charge in [0.1, 0.15) is 5.75 Å². The lowest BCUT2D eigenvalue weighted by atomic mass is 10.3. The van der Waals surface area contributed by atoms with Gasteiger partial charge >= 0.3 is 0 Å². The zero-order valence-corrected chi connectivity index (χ0v) is 11.1. The molecule has 0 spiro atoms. The standard InChI is InChI=1S/C10H11Cl2NO3S/c11-8-2-1-7(5-9(8)12)13-10(15)6-17(16)4-3-14/h1-2,5,14H,3-4,6H2,(H,13,15). The van der Waals surface area contributed by atoms with Gasteiger partial charge in [-0.15, -0.1) is 0 Å². The molecule has 1 rings (SSSR count). The highest BCUT2D eigenvalue weighted by Crippen LogP contribution is 2.24. The van der Waals surface area contributed by atoms with E-state index >= 15 is 0 Å². The third-order valence-corrected chi connectivity index (χ3v) is 3.78. The monoisotopic (exact) mass is 295 g/mol. The highest BCUT2D eigenvalue weighted by Gasteiger charge is 2.08. The summed E-state index contributed by atoms with van der Waals surface area (Å²) < 4.78 is 11.2. The van der Waals surface area contributed by atoms with Gasteiger partial charge in [-0.3, -0.25) is 9.00 Å². The van der Waals surface area contributed by atoms with Crippen molar-refractivity contribution in [1.82, 2.24) is 0 Å². The topological polar surface area (TPSA) is 66.4 Å². The molecule has 0 heterocycles. The van der Waals surface area contributed by atoms with Gasteiger partial charge in [-0.05, 0) is 18.2 Å². The molecule has 0 bridgehead atoms. The summed E-state index contributed by atoms with van der Waals surface area (Å²) in [4.78, 5) is 11.4. The van der Waals surface area contributed by atoms with E-state index in [-0.39, 0.29) is 18.1 Å². The van der Waals surface area contributed by atoms with Gasteiger partial charge in [-0.2, -0.15) is 0 Å². The van der Waals surface area contributed by atoms with Crippen molar-refractivity contribution < 1.29 is 14.1 Å². The number of anilines is 1. The molecule has 4 nitrogen and oxygen atoms in total. The number of carbonyl (C=O) groups is 1. The second kappa shape index (κ2) is 6.96. The Hall–Kier alpha value is -0.620. The summed E-state index contributed by atoms with van der Waals surface area (Å²) in [7, 11) is -1.35. The average Bonchev–Trinajstić information content (AvgIpc) is 2.23. The Bertz CT molecular complexity index is 440. The van der Waals surface area contributed by atoms with Crippen LogP contribution in [-0.2, 0) is 15.6 Å². The number of amides is 1. The predicted octanol–water partition coefficient (Wildman–Crippen LogP) is 1.67. The summed E-state index contributed by atoms with van der Waals surface area (Å²) in [5.74, 6) is -0.453. The van der Waals surface area contributed by atoms with Gasteiger partial charge in [0.05, 0.1) is 16.7 Å². The molecule has 0 aliphatic carbocycles. The van der Waals surface area contributed by atoms with Crippen LogP contribution in [0.15, 0.2) is 18.2 Å². The van der Waals surface area contributed by atoms with Crippen molar-refractivity contribution in [2.24, 2.45) is 0 Å². The van der Waals surface area contributed by atoms with Crippen LogP contribution in [0.2, 0.25) is 10.0 Å². The third kappa shape index (κ3) is 5.04. The molecule has 0 saturated carbocycles. The quantitative estimate of drug-likeness (QED) is 0.868. The van der Waals surface area contributed by atoms with Crippen molar-refractivity contribution in [2.45, 2.75) is 0 Å². The highest BCUT2D eigenvalue weighted by molar-refractivity contribution is 7.85. The van der Waals surface area contributed by atoms with E-state index in [1.165, 1.54) is 6.07 Å². The maximum absolute atomic E-state index is 11.4. The van der Waals surface area contributed by atoms with E-state index < -0.39 is 16.7 Å². The Kier molecular flexibility index (Phi) is 5.91. The first-order valence-electron chi connectivity index (χ1n) is 4.73. The molecular weight excluding hydrogens is 285 g/mol. The number of carbonyl (C=O) groups excluding carboxylic acids is 1. The van der Waals surface area contributed by atoms with E-state index in [0.717, 1.165) is 0 Å². The maximum Gasteiger partial charge on any atom is 0.236 e. The van der Waals surface area contributed by atoms with E-state index in [4.69, 9.17) is 28.3 Å². The molecule has 17 heavy (non-hydrogen) atoms. The van der Waals surface area contributed by atoms with Crippen LogP contribution in [0.1, 0.15) is 0 Å². The molecule has 1 unspecified atom stereocenters. The smallest absolute Gasteiger partial charge is 0.236 e. The van der Waals surface area contributed by atoms with Crippen molar-refractivity contribution in [3.05, 3.63) is 28.2 Å². The maximum atomic E-state index is 11.4. The predicted molar refractivity (Wildman–Crippen MR) is 70.1 cm³/mol. The first kappa shape index (κ1) is 14.4. The van der Waals surface area contributed by atoms with Crippen LogP contribution in [0, 0.1) is 0 Å². The van der Waals surface area contributed by atoms with Gasteiger partial charge in [0.25, 0.3) is 0 Å². The molecule has 0 saturated heterocycles. The fourth-order valence-electron chi connectivity index (χ4n) is 1.09. The van der Waals surface area contributed by atoms with Crippen molar-refractivity contribution >= 4 is 45.6 Å². The number of hydrogen-bond acceptors (Lipinski definition) is 3. The van der Waals surface area contributed by atoms with Crippen LogP contribution >= 0.6 is 23.2 Å². The van der Waals surface area contributed by atoms with Crippen LogP contribution in [0.3, 0.4) is 0 Å². The lowest BCUT2D eigenvalue weighted by Gasteiger charge is -2.05. The van der Waals surface area contributed by atoms with Gasteiger partial charge in [0, 0.05) is 22.2 Å². The molecule has 0 fully saturated rings. The van der Waals surface area contributed by atoms with Crippen molar-refractivity contribution in [3.8, 4) is 0 Å². The summed E-state index contributed by atoms with van der Waals surface area (Å²) in [5, 5.41) is 11.8. The Morgan fingerprint density at radius 3 is 2.65 bits per heavy atom. The van der Waals surface area contributed by atoms with E-state index in [0.29, 0.717) is 15.7 Å². The fraction of sp³-hybridized carbons (Fsp3) is 0.300. The molecule has 0 aliphatic heterocycles. The summed E-state index contributed by atoms with van der Waals surface area (Å²) in [5.41, 5.74) is 0.491. The number of halogens is 2. The molecule has 7 heteroatoms. The Labute approximate surface area is 111 Å². The number of aliphatic hydroxyl groups excluding tert-OH is 1. The van der Waals surface area contributed by atoms with Crippen LogP contribution < -0.4 is 5.32 Å². The zero-order chi connectivity index (χ0) is 12.8. The van der Waals surface area contributed by atoms with E-state index in [9.17, 15) is 9.00 Å². The Morgan fingerprint density at radius 1 is 1.35 bits per heavy atom. The van der Waals surface area contributed by atoms with E-state index in [1.807, 2.05) is 0 Å². The summed E-state index contributed by atoms with van der Waals surface area (Å²) >= 11 is 11.5. The first-order chi connectivity index (χ1) is 8.02. The third-order valence-electron chi connectivity index (χ3n) is 1.81. The average molecular weight is 296 g/mol. The number of rotatable bonds is 5. The van der Waals surface area contributed by atoms with E-state index in [1.54, 1.807) is 12.1 Å². The molecule has 2 N–H and O–H groups in total. The van der Waals surface area contributed by atoms with Crippen molar-refractivity contribution in [1.29, 1.82) is 0 Å². The second-order valence-electron chi connectivity index (χ2n) is 3.19. The number of hydrogen-bond donors (Lipinski definition) is 2. The SMILES string of the molecule is O=C(CS(=O)CCO)Nc1ccc(Cl)c(Cl)c1. The first-order valence-corrected chi connectivity index (χ1v) is 6.98. The van der Waals surface area contributed by atoms with E-state index in [2.05, 4.69) is 5.32 Å². The minimum atomic E-state index is -1.35. The Balaban J connectivity index is 2.56. The van der Waals surface area contributed by atoms with Crippen LogP contribution in [-0.4, -0.2) is 33.3 Å². The fourth-order valence-corrected chi connectivity index (χ4v) is 2.10.